The van der Waals surface area contributed by atoms with Crippen LogP contribution >= 0.6 is 27.3 Å². The van der Waals surface area contributed by atoms with Gasteiger partial charge in [-0.3, -0.25) is 0 Å². The Balaban J connectivity index is 2.46. The van der Waals surface area contributed by atoms with Gasteiger partial charge in [0.25, 0.3) is 0 Å². The standard InChI is InChI=1S/C14H16BrNS/c1-9(2)11-5-4-10(3)12(6-11)13-8-17-14(7-15)16-13/h4-6,8-9H,7H2,1-3H3. The molecule has 0 saturated heterocycles. The van der Waals surface area contributed by atoms with E-state index in [1.54, 1.807) is 11.3 Å². The molecule has 0 fully saturated rings. The van der Waals surface area contributed by atoms with Gasteiger partial charge < -0.3 is 0 Å². The first kappa shape index (κ1) is 12.8. The third-order valence-electron chi connectivity index (χ3n) is 2.87. The summed E-state index contributed by atoms with van der Waals surface area (Å²) >= 11 is 5.16. The smallest absolute Gasteiger partial charge is 0.104 e. The van der Waals surface area contributed by atoms with E-state index in [0.29, 0.717) is 5.92 Å². The van der Waals surface area contributed by atoms with Crippen molar-refractivity contribution in [2.45, 2.75) is 32.0 Å². The molecule has 3 heteroatoms. The Hall–Kier alpha value is -0.670. The van der Waals surface area contributed by atoms with Gasteiger partial charge >= 0.3 is 0 Å². The average molecular weight is 310 g/mol. The van der Waals surface area contributed by atoms with Crippen LogP contribution in [0.2, 0.25) is 0 Å². The maximum atomic E-state index is 4.63. The summed E-state index contributed by atoms with van der Waals surface area (Å²) in [5, 5.41) is 4.11. The number of benzene rings is 1. The Morgan fingerprint density at radius 3 is 2.71 bits per heavy atom. The molecule has 90 valence electrons. The quantitative estimate of drug-likeness (QED) is 0.716. The van der Waals surface area contributed by atoms with E-state index in [2.05, 4.69) is 65.3 Å². The monoisotopic (exact) mass is 309 g/mol. The van der Waals surface area contributed by atoms with E-state index in [4.69, 9.17) is 0 Å². The molecular weight excluding hydrogens is 294 g/mol. The number of hydrogen-bond donors (Lipinski definition) is 0. The van der Waals surface area contributed by atoms with Crippen molar-refractivity contribution in [2.75, 3.05) is 0 Å². The van der Waals surface area contributed by atoms with E-state index in [0.717, 1.165) is 16.0 Å². The van der Waals surface area contributed by atoms with Crippen molar-refractivity contribution in [2.24, 2.45) is 0 Å². The van der Waals surface area contributed by atoms with E-state index in [1.165, 1.54) is 16.7 Å². The van der Waals surface area contributed by atoms with Crippen LogP contribution < -0.4 is 0 Å². The van der Waals surface area contributed by atoms with Crippen LogP contribution in [0.3, 0.4) is 0 Å². The number of nitrogens with zero attached hydrogens (tertiary/aromatic N) is 1. The predicted octanol–water partition coefficient (Wildman–Crippen LogP) is 5.14. The van der Waals surface area contributed by atoms with E-state index >= 15 is 0 Å². The highest BCUT2D eigenvalue weighted by atomic mass is 79.9. The molecule has 2 rings (SSSR count). The maximum absolute atomic E-state index is 4.63. The Morgan fingerprint density at radius 1 is 1.35 bits per heavy atom. The molecule has 0 amide bonds. The van der Waals surface area contributed by atoms with Crippen molar-refractivity contribution in [3.63, 3.8) is 0 Å². The molecular formula is C14H16BrNS. The zero-order valence-corrected chi connectivity index (χ0v) is 12.7. The van der Waals surface area contributed by atoms with Crippen LogP contribution in [0.25, 0.3) is 11.3 Å². The van der Waals surface area contributed by atoms with Gasteiger partial charge in [-0.1, -0.05) is 41.9 Å². The van der Waals surface area contributed by atoms with Gasteiger partial charge in [0.1, 0.15) is 5.01 Å². The molecule has 0 aliphatic heterocycles. The summed E-state index contributed by atoms with van der Waals surface area (Å²) in [4.78, 5) is 4.63. The van der Waals surface area contributed by atoms with Gasteiger partial charge in [0, 0.05) is 10.9 Å². The molecule has 0 N–H and O–H groups in total. The molecule has 2 aromatic rings. The fourth-order valence-corrected chi connectivity index (χ4v) is 2.93. The highest BCUT2D eigenvalue weighted by Crippen LogP contribution is 2.29. The van der Waals surface area contributed by atoms with Crippen molar-refractivity contribution in [3.8, 4) is 11.3 Å². The van der Waals surface area contributed by atoms with E-state index in [1.807, 2.05) is 0 Å². The molecule has 1 nitrogen and oxygen atoms in total. The minimum Gasteiger partial charge on any atom is -0.240 e. The van der Waals surface area contributed by atoms with Gasteiger partial charge in [-0.2, -0.15) is 0 Å². The molecule has 0 radical (unpaired) electrons. The van der Waals surface area contributed by atoms with Crippen LogP contribution in [0.1, 0.15) is 35.9 Å². The molecule has 0 unspecified atom stereocenters. The minimum absolute atomic E-state index is 0.559. The summed E-state index contributed by atoms with van der Waals surface area (Å²) in [6, 6.07) is 6.67. The number of aryl methyl sites for hydroxylation is 1. The van der Waals surface area contributed by atoms with Crippen molar-refractivity contribution < 1.29 is 0 Å². The second-order valence-electron chi connectivity index (χ2n) is 4.49. The zero-order valence-electron chi connectivity index (χ0n) is 10.3. The fraction of sp³-hybridized carbons (Fsp3) is 0.357. The fourth-order valence-electron chi connectivity index (χ4n) is 1.77. The number of thiazole rings is 1. The molecule has 1 aromatic carbocycles. The molecule has 0 atom stereocenters. The normalized spacial score (nSPS) is 11.1. The van der Waals surface area contributed by atoms with Gasteiger partial charge in [-0.05, 0) is 30.0 Å². The van der Waals surface area contributed by atoms with Crippen LogP contribution in [0, 0.1) is 6.92 Å². The number of halogens is 1. The van der Waals surface area contributed by atoms with Crippen molar-refractivity contribution >= 4 is 27.3 Å². The molecule has 0 spiro atoms. The maximum Gasteiger partial charge on any atom is 0.104 e. The highest BCUT2D eigenvalue weighted by Gasteiger charge is 2.09. The summed E-state index contributed by atoms with van der Waals surface area (Å²) in [6.45, 7) is 6.59. The predicted molar refractivity (Wildman–Crippen MR) is 79.0 cm³/mol. The van der Waals surface area contributed by atoms with Crippen molar-refractivity contribution in [3.05, 3.63) is 39.7 Å². The first-order valence-electron chi connectivity index (χ1n) is 5.73. The highest BCUT2D eigenvalue weighted by molar-refractivity contribution is 9.08. The Labute approximate surface area is 115 Å². The molecule has 17 heavy (non-hydrogen) atoms. The van der Waals surface area contributed by atoms with E-state index < -0.39 is 0 Å². The molecule has 1 heterocycles. The lowest BCUT2D eigenvalue weighted by atomic mass is 9.97. The number of rotatable bonds is 3. The topological polar surface area (TPSA) is 12.9 Å². The number of hydrogen-bond acceptors (Lipinski definition) is 2. The first-order valence-corrected chi connectivity index (χ1v) is 7.73. The van der Waals surface area contributed by atoms with Crippen LogP contribution in [0.15, 0.2) is 23.6 Å². The van der Waals surface area contributed by atoms with Crippen molar-refractivity contribution in [1.82, 2.24) is 4.98 Å². The summed E-state index contributed by atoms with van der Waals surface area (Å²) in [5.74, 6) is 0.559. The lowest BCUT2D eigenvalue weighted by molar-refractivity contribution is 0.866. The average Bonchev–Trinajstić information content (AvgIpc) is 2.77. The zero-order chi connectivity index (χ0) is 12.4. The summed E-state index contributed by atoms with van der Waals surface area (Å²) < 4.78 is 0. The van der Waals surface area contributed by atoms with Crippen LogP contribution in [0.5, 0.6) is 0 Å². The lowest BCUT2D eigenvalue weighted by Gasteiger charge is -2.09. The summed E-state index contributed by atoms with van der Waals surface area (Å²) in [7, 11) is 0. The van der Waals surface area contributed by atoms with Gasteiger partial charge in [-0.25, -0.2) is 4.98 Å². The third kappa shape index (κ3) is 2.78. The van der Waals surface area contributed by atoms with Gasteiger partial charge in [0.15, 0.2) is 0 Å². The lowest BCUT2D eigenvalue weighted by Crippen LogP contribution is -1.91. The molecule has 0 bridgehead atoms. The molecule has 0 aliphatic carbocycles. The van der Waals surface area contributed by atoms with Crippen LogP contribution in [-0.2, 0) is 5.33 Å². The Bertz CT molecular complexity index is 517. The molecule has 0 aliphatic rings. The number of alkyl halides is 1. The Kier molecular flexibility index (Phi) is 4.00. The van der Waals surface area contributed by atoms with Crippen molar-refractivity contribution in [1.29, 1.82) is 0 Å². The van der Waals surface area contributed by atoms with E-state index in [9.17, 15) is 0 Å². The summed E-state index contributed by atoms with van der Waals surface area (Å²) in [5.41, 5.74) is 5.03. The second kappa shape index (κ2) is 5.32. The van der Waals surface area contributed by atoms with Gasteiger partial charge in [-0.15, -0.1) is 11.3 Å². The van der Waals surface area contributed by atoms with Gasteiger partial charge in [0.05, 0.1) is 11.0 Å². The van der Waals surface area contributed by atoms with Gasteiger partial charge in [0.2, 0.25) is 0 Å². The summed E-state index contributed by atoms with van der Waals surface area (Å²) in [6.07, 6.45) is 0. The van der Waals surface area contributed by atoms with E-state index in [-0.39, 0.29) is 0 Å². The minimum atomic E-state index is 0.559. The molecule has 0 saturated carbocycles. The third-order valence-corrected chi connectivity index (χ3v) is 4.62. The van der Waals surface area contributed by atoms with Crippen LogP contribution in [-0.4, -0.2) is 4.98 Å². The Morgan fingerprint density at radius 2 is 2.12 bits per heavy atom. The molecule has 1 aromatic heterocycles. The second-order valence-corrected chi connectivity index (χ2v) is 5.99. The first-order chi connectivity index (χ1) is 8.11. The van der Waals surface area contributed by atoms with Crippen LogP contribution in [0.4, 0.5) is 0 Å². The SMILES string of the molecule is Cc1ccc(C(C)C)cc1-c1csc(CBr)n1. The number of aromatic nitrogens is 1. The largest absolute Gasteiger partial charge is 0.240 e.